The van der Waals surface area contributed by atoms with Gasteiger partial charge in [0.1, 0.15) is 5.76 Å². The molecule has 5 aromatic rings. The molecule has 5 rings (SSSR count). The maximum atomic E-state index is 12.8. The summed E-state index contributed by atoms with van der Waals surface area (Å²) in [6.07, 6.45) is 1.61. The number of nitrogens with zero attached hydrogens (tertiary/aromatic N) is 3. The number of benzene rings is 2. The summed E-state index contributed by atoms with van der Waals surface area (Å²) in [6.45, 7) is 0. The summed E-state index contributed by atoms with van der Waals surface area (Å²) >= 11 is 12.5. The second kappa shape index (κ2) is 8.62. The van der Waals surface area contributed by atoms with Crippen LogP contribution in [0.5, 0.6) is 0 Å². The molecule has 2 aromatic carbocycles. The molecule has 34 heavy (non-hydrogen) atoms. The van der Waals surface area contributed by atoms with E-state index < -0.39 is 10.8 Å². The maximum absolute atomic E-state index is 12.8. The highest BCUT2D eigenvalue weighted by molar-refractivity contribution is 6.33. The number of halogens is 2. The Balaban J connectivity index is 1.39. The lowest BCUT2D eigenvalue weighted by molar-refractivity contribution is -0.384. The number of amides is 1. The predicted molar refractivity (Wildman–Crippen MR) is 126 cm³/mol. The predicted octanol–water partition coefficient (Wildman–Crippen LogP) is 6.62. The monoisotopic (exact) mass is 494 g/mol. The van der Waals surface area contributed by atoms with Crippen LogP contribution < -0.4 is 5.32 Å². The Kier molecular flexibility index (Phi) is 5.48. The van der Waals surface area contributed by atoms with E-state index in [0.717, 1.165) is 0 Å². The highest BCUT2D eigenvalue weighted by Crippen LogP contribution is 2.34. The molecule has 3 aromatic heterocycles. The largest absolute Gasteiger partial charge is 0.451 e. The Morgan fingerprint density at radius 3 is 2.59 bits per heavy atom. The fraction of sp³-hybridized carbons (Fsp3) is 0. The molecule has 0 atom stereocenters. The molecule has 0 fully saturated rings. The first kappa shape index (κ1) is 21.6. The summed E-state index contributed by atoms with van der Waals surface area (Å²) in [6, 6.07) is 15.4. The van der Waals surface area contributed by atoms with Crippen LogP contribution in [0.15, 0.2) is 75.7 Å². The fourth-order valence-electron chi connectivity index (χ4n) is 3.27. The minimum Gasteiger partial charge on any atom is -0.451 e. The van der Waals surface area contributed by atoms with E-state index in [2.05, 4.69) is 15.3 Å². The van der Waals surface area contributed by atoms with Gasteiger partial charge in [-0.05, 0) is 48.5 Å². The van der Waals surface area contributed by atoms with Crippen molar-refractivity contribution in [2.24, 2.45) is 0 Å². The zero-order chi connectivity index (χ0) is 23.8. The molecule has 168 valence electrons. The van der Waals surface area contributed by atoms with Gasteiger partial charge in [-0.25, -0.2) is 4.98 Å². The quantitative estimate of drug-likeness (QED) is 0.215. The van der Waals surface area contributed by atoms with Crippen molar-refractivity contribution in [3.63, 3.8) is 0 Å². The number of fused-ring (bicyclic) bond motifs is 1. The van der Waals surface area contributed by atoms with Gasteiger partial charge in [-0.3, -0.25) is 14.9 Å². The molecule has 0 saturated heterocycles. The molecule has 0 bridgehead atoms. The number of oxazole rings is 1. The minimum absolute atomic E-state index is 0.0204. The number of hydrogen-bond acceptors (Lipinski definition) is 7. The Morgan fingerprint density at radius 2 is 1.82 bits per heavy atom. The molecular weight excluding hydrogens is 483 g/mol. The van der Waals surface area contributed by atoms with E-state index in [1.54, 1.807) is 42.6 Å². The van der Waals surface area contributed by atoms with Crippen LogP contribution in [0.3, 0.4) is 0 Å². The van der Waals surface area contributed by atoms with Gasteiger partial charge in [0, 0.05) is 29.6 Å². The molecule has 0 aliphatic rings. The first-order valence-electron chi connectivity index (χ1n) is 9.76. The van der Waals surface area contributed by atoms with Crippen LogP contribution in [0.1, 0.15) is 10.6 Å². The number of nitro benzene ring substituents is 1. The number of pyridine rings is 1. The molecule has 0 unspecified atom stereocenters. The SMILES string of the molecule is O=C(Nc1ccc(Cl)c(-c2nc3ncccc3o2)c1)c1ccc(-c2ccc([N+](=O)[O-])cc2Cl)o1. The zero-order valence-corrected chi connectivity index (χ0v) is 18.5. The van der Waals surface area contributed by atoms with Crippen molar-refractivity contribution in [1.82, 2.24) is 9.97 Å². The fourth-order valence-corrected chi connectivity index (χ4v) is 3.73. The highest BCUT2D eigenvalue weighted by atomic mass is 35.5. The molecule has 0 aliphatic carbocycles. The lowest BCUT2D eigenvalue weighted by Gasteiger charge is -2.06. The summed E-state index contributed by atoms with van der Waals surface area (Å²) in [7, 11) is 0. The molecule has 3 heterocycles. The van der Waals surface area contributed by atoms with E-state index >= 15 is 0 Å². The summed E-state index contributed by atoms with van der Waals surface area (Å²) in [5.41, 5.74) is 2.14. The first-order chi connectivity index (χ1) is 16.4. The van der Waals surface area contributed by atoms with Gasteiger partial charge >= 0.3 is 0 Å². The number of anilines is 1. The highest BCUT2D eigenvalue weighted by Gasteiger charge is 2.18. The Morgan fingerprint density at radius 1 is 0.971 bits per heavy atom. The van der Waals surface area contributed by atoms with Gasteiger partial charge in [0.25, 0.3) is 11.6 Å². The molecule has 0 saturated carbocycles. The number of aromatic nitrogens is 2. The number of carbonyl (C=O) groups excluding carboxylic acids is 1. The number of nitro groups is 1. The van der Waals surface area contributed by atoms with Gasteiger partial charge in [0.2, 0.25) is 5.89 Å². The summed E-state index contributed by atoms with van der Waals surface area (Å²) in [5, 5.41) is 14.1. The Hall–Kier alpha value is -4.21. The maximum Gasteiger partial charge on any atom is 0.291 e. The lowest BCUT2D eigenvalue weighted by atomic mass is 10.1. The molecule has 0 spiro atoms. The Bertz CT molecular complexity index is 1540. The topological polar surface area (TPSA) is 124 Å². The molecule has 11 heteroatoms. The average molecular weight is 495 g/mol. The molecule has 9 nitrogen and oxygen atoms in total. The van der Waals surface area contributed by atoms with Gasteiger partial charge < -0.3 is 14.2 Å². The van der Waals surface area contributed by atoms with Crippen molar-refractivity contribution in [1.29, 1.82) is 0 Å². The minimum atomic E-state index is -0.547. The van der Waals surface area contributed by atoms with Crippen molar-refractivity contribution in [2.45, 2.75) is 0 Å². The number of carbonyl (C=O) groups is 1. The number of rotatable bonds is 5. The second-order valence-electron chi connectivity index (χ2n) is 7.08. The van der Waals surface area contributed by atoms with Crippen LogP contribution in [0, 0.1) is 10.1 Å². The standard InChI is InChI=1S/C23H12Cl2N4O5/c24-16-6-3-12(10-15(16)23-28-21-19(34-23)2-1-9-26-21)27-22(30)20-8-7-18(33-20)14-5-4-13(29(31)32)11-17(14)25/h1-11H,(H,27,30). The third-order valence-corrected chi connectivity index (χ3v) is 5.52. The van der Waals surface area contributed by atoms with E-state index in [0.29, 0.717) is 38.8 Å². The van der Waals surface area contributed by atoms with Crippen molar-refractivity contribution in [3.8, 4) is 22.8 Å². The van der Waals surface area contributed by atoms with Gasteiger partial charge in [-0.15, -0.1) is 0 Å². The molecule has 0 radical (unpaired) electrons. The van der Waals surface area contributed by atoms with E-state index in [1.807, 2.05) is 0 Å². The van der Waals surface area contributed by atoms with Gasteiger partial charge in [-0.1, -0.05) is 23.2 Å². The van der Waals surface area contributed by atoms with Crippen molar-refractivity contribution < 1.29 is 18.6 Å². The van der Waals surface area contributed by atoms with E-state index in [9.17, 15) is 14.9 Å². The zero-order valence-electron chi connectivity index (χ0n) is 17.0. The van der Waals surface area contributed by atoms with Crippen LogP contribution in [0.25, 0.3) is 34.0 Å². The van der Waals surface area contributed by atoms with Crippen molar-refractivity contribution in [3.05, 3.63) is 92.8 Å². The first-order valence-corrected chi connectivity index (χ1v) is 10.5. The molecule has 1 N–H and O–H groups in total. The van der Waals surface area contributed by atoms with Crippen molar-refractivity contribution >= 4 is 51.7 Å². The van der Waals surface area contributed by atoms with Crippen molar-refractivity contribution in [2.75, 3.05) is 5.32 Å². The second-order valence-corrected chi connectivity index (χ2v) is 7.89. The third kappa shape index (κ3) is 4.09. The van der Waals surface area contributed by atoms with Crippen LogP contribution in [0.2, 0.25) is 10.0 Å². The van der Waals surface area contributed by atoms with Gasteiger partial charge in [0.05, 0.1) is 20.5 Å². The van der Waals surface area contributed by atoms with Crippen LogP contribution in [0.4, 0.5) is 11.4 Å². The summed E-state index contributed by atoms with van der Waals surface area (Å²) in [4.78, 5) is 31.6. The Labute approximate surface area is 201 Å². The van der Waals surface area contributed by atoms with E-state index in [1.165, 1.54) is 24.3 Å². The van der Waals surface area contributed by atoms with Gasteiger partial charge in [0.15, 0.2) is 17.0 Å². The van der Waals surface area contributed by atoms with Crippen LogP contribution >= 0.6 is 23.2 Å². The molecular formula is C23H12Cl2N4O5. The summed E-state index contributed by atoms with van der Waals surface area (Å²) < 4.78 is 11.4. The number of hydrogen-bond donors (Lipinski definition) is 1. The lowest BCUT2D eigenvalue weighted by Crippen LogP contribution is -2.10. The third-order valence-electron chi connectivity index (χ3n) is 4.88. The molecule has 0 aliphatic heterocycles. The van der Waals surface area contributed by atoms with E-state index in [4.69, 9.17) is 32.0 Å². The van der Waals surface area contributed by atoms with E-state index in [-0.39, 0.29) is 22.4 Å². The average Bonchev–Trinajstić information content (AvgIpc) is 3.47. The summed E-state index contributed by atoms with van der Waals surface area (Å²) in [5.74, 6) is 0.0625. The normalized spacial score (nSPS) is 11.0. The van der Waals surface area contributed by atoms with Gasteiger partial charge in [-0.2, -0.15) is 4.98 Å². The van der Waals surface area contributed by atoms with Crippen LogP contribution in [-0.4, -0.2) is 20.8 Å². The molecule has 1 amide bonds. The number of nitrogens with one attached hydrogen (secondary N) is 1. The smallest absolute Gasteiger partial charge is 0.291 e. The van der Waals surface area contributed by atoms with Crippen LogP contribution in [-0.2, 0) is 0 Å². The number of non-ortho nitro benzene ring substituents is 1. The number of furan rings is 1.